The first-order valence-electron chi connectivity index (χ1n) is 6.01. The van der Waals surface area contributed by atoms with Crippen LogP contribution in [0.3, 0.4) is 0 Å². The van der Waals surface area contributed by atoms with Crippen molar-refractivity contribution in [1.29, 1.82) is 0 Å². The molecule has 1 rings (SSSR count). The zero-order valence-electron chi connectivity index (χ0n) is 9.71. The predicted octanol–water partition coefficient (Wildman–Crippen LogP) is 0.218. The zero-order chi connectivity index (χ0) is 11.6. The van der Waals surface area contributed by atoms with Crippen LogP contribution in [0.25, 0.3) is 0 Å². The van der Waals surface area contributed by atoms with Crippen molar-refractivity contribution < 1.29 is 9.90 Å². The van der Waals surface area contributed by atoms with Gasteiger partial charge in [-0.1, -0.05) is 0 Å². The number of carbonyl (C=O) groups excluding carboxylic acids is 1. The maximum absolute atomic E-state index is 11.7. The standard InChI is InChI=1S/C11H22N2O2S/c14-7-1-8-16-9-6-13-11(15)10-2-4-12-5-3-10/h10,12,14H,1-9H2,(H,13,15). The van der Waals surface area contributed by atoms with Crippen molar-refractivity contribution in [2.24, 2.45) is 5.92 Å². The van der Waals surface area contributed by atoms with Crippen molar-refractivity contribution in [3.8, 4) is 0 Å². The van der Waals surface area contributed by atoms with Gasteiger partial charge in [0.05, 0.1) is 0 Å². The van der Waals surface area contributed by atoms with Crippen LogP contribution < -0.4 is 10.6 Å². The van der Waals surface area contributed by atoms with E-state index in [1.165, 1.54) is 0 Å². The van der Waals surface area contributed by atoms with Gasteiger partial charge >= 0.3 is 0 Å². The number of hydrogen-bond donors (Lipinski definition) is 3. The Balaban J connectivity index is 1.97. The molecule has 94 valence electrons. The molecule has 0 unspecified atom stereocenters. The molecule has 1 aliphatic rings. The SMILES string of the molecule is O=C(NCCSCCCO)C1CCNCC1. The summed E-state index contributed by atoms with van der Waals surface area (Å²) in [6.45, 7) is 2.93. The van der Waals surface area contributed by atoms with Gasteiger partial charge in [0, 0.05) is 24.8 Å². The van der Waals surface area contributed by atoms with Crippen molar-refractivity contribution in [3.63, 3.8) is 0 Å². The number of piperidine rings is 1. The van der Waals surface area contributed by atoms with Crippen molar-refractivity contribution in [2.45, 2.75) is 19.3 Å². The van der Waals surface area contributed by atoms with E-state index in [2.05, 4.69) is 10.6 Å². The summed E-state index contributed by atoms with van der Waals surface area (Å²) in [7, 11) is 0. The second-order valence-electron chi connectivity index (χ2n) is 4.00. The van der Waals surface area contributed by atoms with Crippen LogP contribution in [-0.2, 0) is 4.79 Å². The summed E-state index contributed by atoms with van der Waals surface area (Å²) in [4.78, 5) is 11.7. The van der Waals surface area contributed by atoms with E-state index in [4.69, 9.17) is 5.11 Å². The van der Waals surface area contributed by atoms with Gasteiger partial charge in [0.1, 0.15) is 0 Å². The largest absolute Gasteiger partial charge is 0.396 e. The average molecular weight is 246 g/mol. The van der Waals surface area contributed by atoms with E-state index in [-0.39, 0.29) is 18.4 Å². The summed E-state index contributed by atoms with van der Waals surface area (Å²) in [5.74, 6) is 2.34. The molecule has 3 N–H and O–H groups in total. The summed E-state index contributed by atoms with van der Waals surface area (Å²) in [6.07, 6.45) is 2.76. The molecule has 0 aromatic rings. The molecule has 0 radical (unpaired) electrons. The first-order chi connectivity index (χ1) is 7.84. The normalized spacial score (nSPS) is 17.3. The van der Waals surface area contributed by atoms with Crippen LogP contribution in [0.4, 0.5) is 0 Å². The Morgan fingerprint density at radius 2 is 2.12 bits per heavy atom. The third-order valence-electron chi connectivity index (χ3n) is 2.70. The van der Waals surface area contributed by atoms with Gasteiger partial charge in [0.25, 0.3) is 0 Å². The number of nitrogens with one attached hydrogen (secondary N) is 2. The number of aliphatic hydroxyl groups excluding tert-OH is 1. The van der Waals surface area contributed by atoms with E-state index < -0.39 is 0 Å². The van der Waals surface area contributed by atoms with Crippen molar-refractivity contribution in [1.82, 2.24) is 10.6 Å². The zero-order valence-corrected chi connectivity index (χ0v) is 10.5. The molecule has 1 fully saturated rings. The summed E-state index contributed by atoms with van der Waals surface area (Å²) in [5, 5.41) is 14.8. The number of hydrogen-bond acceptors (Lipinski definition) is 4. The van der Waals surface area contributed by atoms with Crippen LogP contribution in [0.1, 0.15) is 19.3 Å². The highest BCUT2D eigenvalue weighted by Crippen LogP contribution is 2.11. The van der Waals surface area contributed by atoms with Gasteiger partial charge in [-0.2, -0.15) is 11.8 Å². The lowest BCUT2D eigenvalue weighted by atomic mass is 9.97. The fourth-order valence-corrected chi connectivity index (χ4v) is 2.53. The highest BCUT2D eigenvalue weighted by Gasteiger charge is 2.19. The molecule has 0 aromatic heterocycles. The Morgan fingerprint density at radius 1 is 1.38 bits per heavy atom. The first-order valence-corrected chi connectivity index (χ1v) is 7.17. The molecular weight excluding hydrogens is 224 g/mol. The summed E-state index contributed by atoms with van der Waals surface area (Å²) < 4.78 is 0. The second kappa shape index (κ2) is 8.84. The molecule has 16 heavy (non-hydrogen) atoms. The van der Waals surface area contributed by atoms with Crippen LogP contribution in [0, 0.1) is 5.92 Å². The molecule has 1 aliphatic heterocycles. The van der Waals surface area contributed by atoms with E-state index >= 15 is 0 Å². The molecule has 1 amide bonds. The topological polar surface area (TPSA) is 61.4 Å². The van der Waals surface area contributed by atoms with Crippen LogP contribution in [-0.4, -0.2) is 48.8 Å². The number of amides is 1. The lowest BCUT2D eigenvalue weighted by Gasteiger charge is -2.21. The monoisotopic (exact) mass is 246 g/mol. The maximum atomic E-state index is 11.7. The summed E-state index contributed by atoms with van der Waals surface area (Å²) in [6, 6.07) is 0. The molecular formula is C11H22N2O2S. The molecule has 5 heteroatoms. The molecule has 4 nitrogen and oxygen atoms in total. The van der Waals surface area contributed by atoms with Crippen LogP contribution in [0.15, 0.2) is 0 Å². The fraction of sp³-hybridized carbons (Fsp3) is 0.909. The van der Waals surface area contributed by atoms with E-state index in [9.17, 15) is 4.79 Å². The lowest BCUT2D eigenvalue weighted by molar-refractivity contribution is -0.125. The number of thioether (sulfide) groups is 1. The van der Waals surface area contributed by atoms with E-state index in [1.54, 1.807) is 11.8 Å². The van der Waals surface area contributed by atoms with E-state index in [0.717, 1.165) is 50.4 Å². The molecule has 0 saturated carbocycles. The molecule has 0 aromatic carbocycles. The Morgan fingerprint density at radius 3 is 2.81 bits per heavy atom. The van der Waals surface area contributed by atoms with Crippen LogP contribution >= 0.6 is 11.8 Å². The highest BCUT2D eigenvalue weighted by molar-refractivity contribution is 7.99. The summed E-state index contributed by atoms with van der Waals surface area (Å²) in [5.41, 5.74) is 0. The minimum Gasteiger partial charge on any atom is -0.396 e. The molecule has 0 aliphatic carbocycles. The molecule has 0 spiro atoms. The number of aliphatic hydroxyl groups is 1. The van der Waals surface area contributed by atoms with Crippen LogP contribution in [0.5, 0.6) is 0 Å². The van der Waals surface area contributed by atoms with Gasteiger partial charge in [-0.05, 0) is 38.1 Å². The van der Waals surface area contributed by atoms with Crippen molar-refractivity contribution in [2.75, 3.05) is 37.7 Å². The highest BCUT2D eigenvalue weighted by atomic mass is 32.2. The Labute approximate surface area is 102 Å². The second-order valence-corrected chi connectivity index (χ2v) is 5.23. The molecule has 0 bridgehead atoms. The smallest absolute Gasteiger partial charge is 0.223 e. The first kappa shape index (κ1) is 13.8. The Kier molecular flexibility index (Phi) is 7.63. The van der Waals surface area contributed by atoms with Gasteiger partial charge in [-0.15, -0.1) is 0 Å². The Bertz CT molecular complexity index is 196. The molecule has 0 atom stereocenters. The average Bonchev–Trinajstić information content (AvgIpc) is 2.34. The van der Waals surface area contributed by atoms with Crippen molar-refractivity contribution in [3.05, 3.63) is 0 Å². The van der Waals surface area contributed by atoms with Crippen LogP contribution in [0.2, 0.25) is 0 Å². The van der Waals surface area contributed by atoms with E-state index in [0.29, 0.717) is 0 Å². The third-order valence-corrected chi connectivity index (χ3v) is 3.77. The van der Waals surface area contributed by atoms with Gasteiger partial charge in [0.2, 0.25) is 5.91 Å². The predicted molar refractivity (Wildman–Crippen MR) is 67.6 cm³/mol. The van der Waals surface area contributed by atoms with Gasteiger partial charge in [-0.25, -0.2) is 0 Å². The number of carbonyl (C=O) groups is 1. The number of rotatable bonds is 7. The van der Waals surface area contributed by atoms with Crippen molar-refractivity contribution >= 4 is 17.7 Å². The molecule has 1 saturated heterocycles. The Hall–Kier alpha value is -0.260. The maximum Gasteiger partial charge on any atom is 0.223 e. The minimum atomic E-state index is 0.212. The quantitative estimate of drug-likeness (QED) is 0.562. The van der Waals surface area contributed by atoms with E-state index in [1.807, 2.05) is 0 Å². The van der Waals surface area contributed by atoms with Gasteiger partial charge in [0.15, 0.2) is 0 Å². The molecule has 1 heterocycles. The van der Waals surface area contributed by atoms with Gasteiger partial charge < -0.3 is 15.7 Å². The minimum absolute atomic E-state index is 0.212. The third kappa shape index (κ3) is 5.72. The van der Waals surface area contributed by atoms with Gasteiger partial charge in [-0.3, -0.25) is 4.79 Å². The lowest BCUT2D eigenvalue weighted by Crippen LogP contribution is -2.38. The fourth-order valence-electron chi connectivity index (χ4n) is 1.74. The summed E-state index contributed by atoms with van der Waals surface area (Å²) >= 11 is 1.78.